The van der Waals surface area contributed by atoms with Gasteiger partial charge in [0, 0.05) is 31.6 Å². The minimum absolute atomic E-state index is 0.0290. The molecule has 0 aliphatic carbocycles. The Morgan fingerprint density at radius 1 is 1.04 bits per heavy atom. The van der Waals surface area contributed by atoms with Crippen molar-refractivity contribution in [2.75, 3.05) is 51.9 Å². The largest absolute Gasteiger partial charge is 0.491 e. The van der Waals surface area contributed by atoms with Crippen LogP contribution >= 0.6 is 0 Å². The quantitative estimate of drug-likeness (QED) is 0.150. The zero-order valence-corrected chi connectivity index (χ0v) is 26.2. The monoisotopic (exact) mass is 680 g/mol. The summed E-state index contributed by atoms with van der Waals surface area (Å²) in [6.45, 7) is -0.452. The predicted octanol–water partition coefficient (Wildman–Crippen LogP) is 5.12. The van der Waals surface area contributed by atoms with Crippen LogP contribution in [-0.2, 0) is 25.4 Å². The van der Waals surface area contributed by atoms with Crippen LogP contribution < -0.4 is 20.7 Å². The van der Waals surface area contributed by atoms with Crippen molar-refractivity contribution in [3.63, 3.8) is 0 Å². The van der Waals surface area contributed by atoms with Crippen LogP contribution in [0.4, 0.5) is 32.4 Å². The average molecular weight is 681 g/mol. The van der Waals surface area contributed by atoms with Crippen LogP contribution in [0.15, 0.2) is 60.9 Å². The number of amides is 2. The Balaban J connectivity index is 1.33. The van der Waals surface area contributed by atoms with Gasteiger partial charge in [0.25, 0.3) is 0 Å². The van der Waals surface area contributed by atoms with E-state index in [0.29, 0.717) is 37.5 Å². The van der Waals surface area contributed by atoms with E-state index < -0.39 is 48.3 Å². The van der Waals surface area contributed by atoms with Crippen molar-refractivity contribution in [3.05, 3.63) is 89.2 Å². The van der Waals surface area contributed by atoms with Crippen LogP contribution in [0.2, 0.25) is 0 Å². The molecule has 260 valence electrons. The molecule has 1 saturated heterocycles. The van der Waals surface area contributed by atoms with Crippen molar-refractivity contribution >= 4 is 17.7 Å². The summed E-state index contributed by atoms with van der Waals surface area (Å²) in [7, 11) is 1.58. The lowest BCUT2D eigenvalue weighted by Gasteiger charge is -2.30. The lowest BCUT2D eigenvalue weighted by molar-refractivity contribution is -0.124. The van der Waals surface area contributed by atoms with Crippen LogP contribution in [0.1, 0.15) is 35.4 Å². The Bertz CT molecular complexity index is 1470. The smallest absolute Gasteiger partial charge is 0.407 e. The van der Waals surface area contributed by atoms with E-state index in [-0.39, 0.29) is 43.4 Å². The number of aromatic nitrogens is 1. The summed E-state index contributed by atoms with van der Waals surface area (Å²) in [4.78, 5) is 28.8. The minimum atomic E-state index is -4.55. The molecule has 0 saturated carbocycles. The van der Waals surface area contributed by atoms with E-state index >= 15 is 0 Å². The van der Waals surface area contributed by atoms with Gasteiger partial charge in [-0.15, -0.1) is 0 Å². The number of hydrogen-bond acceptors (Lipinski definition) is 8. The fraction of sp³-hybridized carbons (Fsp3) is 0.424. The molecule has 2 heterocycles. The topological polar surface area (TPSA) is 120 Å². The van der Waals surface area contributed by atoms with Gasteiger partial charge < -0.3 is 34.9 Å². The summed E-state index contributed by atoms with van der Waals surface area (Å²) in [5.74, 6) is -1.24. The molecule has 15 heteroatoms. The van der Waals surface area contributed by atoms with Gasteiger partial charge in [0.15, 0.2) is 0 Å². The first-order valence-electron chi connectivity index (χ1n) is 15.2. The van der Waals surface area contributed by atoms with Gasteiger partial charge in [-0.2, -0.15) is 13.2 Å². The van der Waals surface area contributed by atoms with E-state index in [9.17, 15) is 31.5 Å². The van der Waals surface area contributed by atoms with E-state index in [4.69, 9.17) is 18.9 Å². The summed E-state index contributed by atoms with van der Waals surface area (Å²) < 4.78 is 86.6. The molecular weight excluding hydrogens is 643 g/mol. The average Bonchev–Trinajstić information content (AvgIpc) is 3.06. The number of carbonyl (C=O) groups excluding carboxylic acids is 2. The number of nitrogens with one attached hydrogen (secondary N) is 3. The molecule has 3 aromatic rings. The molecule has 1 aliphatic rings. The number of anilines is 1. The molecule has 3 N–H and O–H groups in total. The summed E-state index contributed by atoms with van der Waals surface area (Å²) >= 11 is 0. The number of carbonyl (C=O) groups is 2. The lowest BCUT2D eigenvalue weighted by atomic mass is 9.88. The fourth-order valence-electron chi connectivity index (χ4n) is 5.04. The molecule has 0 bridgehead atoms. The van der Waals surface area contributed by atoms with Crippen LogP contribution in [-0.4, -0.2) is 81.9 Å². The van der Waals surface area contributed by atoms with Gasteiger partial charge in [0.2, 0.25) is 5.91 Å². The number of morpholine rings is 1. The standard InChI is InChI=1S/C33H37F5N4O6/c1-45-12-13-46-25-8-4-22(5-9-25)28(21-2-6-23(34)7-3-21)14-31(43)42-30-17-39-16-29(35)27(30)11-10-26-15-40-24(18-47-26)19-48-32(44)41-20-33(36,37)38/h2-9,16-17,24,26,28,40H,10-15,18-20H2,1H3,(H,41,44)(H,42,43)/t24-,26+,28-/m0/s1. The van der Waals surface area contributed by atoms with E-state index in [1.54, 1.807) is 36.7 Å². The van der Waals surface area contributed by atoms with Gasteiger partial charge >= 0.3 is 12.3 Å². The zero-order chi connectivity index (χ0) is 34.5. The summed E-state index contributed by atoms with van der Waals surface area (Å²) in [6.07, 6.45) is -3.12. The fourth-order valence-corrected chi connectivity index (χ4v) is 5.04. The molecule has 2 aromatic carbocycles. The van der Waals surface area contributed by atoms with Crippen molar-refractivity contribution < 1.29 is 50.5 Å². The maximum atomic E-state index is 15.0. The Labute approximate surface area is 274 Å². The molecule has 1 fully saturated rings. The number of nitrogens with zero attached hydrogens (tertiary/aromatic N) is 1. The van der Waals surface area contributed by atoms with E-state index in [1.807, 2.05) is 12.1 Å². The molecule has 1 aliphatic heterocycles. The van der Waals surface area contributed by atoms with Gasteiger partial charge in [-0.3, -0.25) is 9.78 Å². The van der Waals surface area contributed by atoms with Gasteiger partial charge in [0.1, 0.15) is 37.1 Å². The van der Waals surface area contributed by atoms with Crippen molar-refractivity contribution in [1.29, 1.82) is 0 Å². The maximum Gasteiger partial charge on any atom is 0.407 e. The SMILES string of the molecule is COCCOc1ccc([C@@H](CC(=O)Nc2cncc(F)c2CC[C@@H]2CN[C@H](COC(=O)NCC(F)(F)F)CO2)c2ccc(F)cc2)cc1. The number of halogens is 5. The number of hydrogen-bond donors (Lipinski definition) is 3. The molecule has 0 radical (unpaired) electrons. The molecule has 2 amide bonds. The third kappa shape index (κ3) is 11.7. The number of methoxy groups -OCH3 is 1. The molecule has 4 rings (SSSR count). The summed E-state index contributed by atoms with van der Waals surface area (Å²) in [5, 5.41) is 7.51. The highest BCUT2D eigenvalue weighted by atomic mass is 19.4. The molecule has 48 heavy (non-hydrogen) atoms. The van der Waals surface area contributed by atoms with Crippen molar-refractivity contribution in [1.82, 2.24) is 15.6 Å². The maximum absolute atomic E-state index is 15.0. The molecular formula is C33H37F5N4O6. The minimum Gasteiger partial charge on any atom is -0.491 e. The van der Waals surface area contributed by atoms with Gasteiger partial charge in [-0.05, 0) is 48.2 Å². The van der Waals surface area contributed by atoms with Crippen molar-refractivity contribution in [3.8, 4) is 5.75 Å². The Kier molecular flexibility index (Phi) is 13.5. The van der Waals surface area contributed by atoms with Crippen LogP contribution in [0.5, 0.6) is 5.75 Å². The summed E-state index contributed by atoms with van der Waals surface area (Å²) in [5.41, 5.74) is 1.95. The lowest BCUT2D eigenvalue weighted by Crippen LogP contribution is -2.49. The normalized spacial score (nSPS) is 17.0. The summed E-state index contributed by atoms with van der Waals surface area (Å²) in [6, 6.07) is 12.7. The number of benzene rings is 2. The van der Waals surface area contributed by atoms with Gasteiger partial charge in [0.05, 0.1) is 43.4 Å². The van der Waals surface area contributed by atoms with Crippen LogP contribution in [0.3, 0.4) is 0 Å². The highest BCUT2D eigenvalue weighted by molar-refractivity contribution is 5.92. The third-order valence-corrected chi connectivity index (χ3v) is 7.51. The molecule has 1 aromatic heterocycles. The number of ether oxygens (including phenoxy) is 4. The Morgan fingerprint density at radius 3 is 2.40 bits per heavy atom. The van der Waals surface area contributed by atoms with E-state index in [1.165, 1.54) is 18.3 Å². The molecule has 10 nitrogen and oxygen atoms in total. The Morgan fingerprint density at radius 2 is 1.75 bits per heavy atom. The van der Waals surface area contributed by atoms with Gasteiger partial charge in [-0.1, -0.05) is 24.3 Å². The van der Waals surface area contributed by atoms with E-state index in [2.05, 4.69) is 15.6 Å². The third-order valence-electron chi connectivity index (χ3n) is 7.51. The first kappa shape index (κ1) is 36.5. The second-order valence-electron chi connectivity index (χ2n) is 11.1. The molecule has 3 atom stereocenters. The van der Waals surface area contributed by atoms with Crippen molar-refractivity contribution in [2.45, 2.75) is 43.5 Å². The second-order valence-corrected chi connectivity index (χ2v) is 11.1. The van der Waals surface area contributed by atoms with E-state index in [0.717, 1.165) is 11.8 Å². The van der Waals surface area contributed by atoms with Crippen molar-refractivity contribution in [2.24, 2.45) is 0 Å². The second kappa shape index (κ2) is 17.7. The zero-order valence-electron chi connectivity index (χ0n) is 26.2. The Hall–Kier alpha value is -4.34. The van der Waals surface area contributed by atoms with Crippen LogP contribution in [0.25, 0.3) is 0 Å². The predicted molar refractivity (Wildman–Crippen MR) is 165 cm³/mol. The number of alkyl halides is 3. The highest BCUT2D eigenvalue weighted by Crippen LogP contribution is 2.31. The van der Waals surface area contributed by atoms with Gasteiger partial charge in [-0.25, -0.2) is 13.6 Å². The molecule has 0 unspecified atom stereocenters. The highest BCUT2D eigenvalue weighted by Gasteiger charge is 2.29. The number of rotatable bonds is 15. The first-order valence-corrected chi connectivity index (χ1v) is 15.2. The van der Waals surface area contributed by atoms with Crippen LogP contribution in [0, 0.1) is 11.6 Å². The number of pyridine rings is 1. The first-order chi connectivity index (χ1) is 23.0. The molecule has 0 spiro atoms. The number of alkyl carbamates (subject to hydrolysis) is 1.